The van der Waals surface area contributed by atoms with Crippen LogP contribution in [0.4, 0.5) is 5.69 Å². The molecule has 1 aliphatic rings. The fourth-order valence-electron chi connectivity index (χ4n) is 4.21. The number of nitrogens with one attached hydrogen (secondary N) is 1. The van der Waals surface area contributed by atoms with E-state index in [4.69, 9.17) is 4.74 Å². The summed E-state index contributed by atoms with van der Waals surface area (Å²) >= 11 is 0. The molecule has 0 radical (unpaired) electrons. The monoisotopic (exact) mass is 415 g/mol. The van der Waals surface area contributed by atoms with Crippen molar-refractivity contribution in [3.63, 3.8) is 0 Å². The molecule has 0 bridgehead atoms. The Labute approximate surface area is 184 Å². The topological polar surface area (TPSA) is 44.8 Å². The van der Waals surface area contributed by atoms with Crippen LogP contribution in [0.3, 0.4) is 0 Å². The minimum absolute atomic E-state index is 0.0133. The lowest BCUT2D eigenvalue weighted by molar-refractivity contribution is -0.117. The molecule has 3 aromatic rings. The lowest BCUT2D eigenvalue weighted by atomic mass is 9.96. The normalized spacial score (nSPS) is 15.0. The third-order valence-electron chi connectivity index (χ3n) is 5.75. The molecule has 0 atom stereocenters. The summed E-state index contributed by atoms with van der Waals surface area (Å²) in [5.41, 5.74) is 3.31. The molecule has 31 heavy (non-hydrogen) atoms. The van der Waals surface area contributed by atoms with Crippen LogP contribution in [0.1, 0.15) is 17.2 Å². The first kappa shape index (κ1) is 21.1. The second kappa shape index (κ2) is 10.2. The SMILES string of the molecule is COc1ccccc1NC(=O)CN1CCN(C(c2ccccc2)c2ccccc2)CC1. The van der Waals surface area contributed by atoms with Gasteiger partial charge in [0.2, 0.25) is 5.91 Å². The highest BCUT2D eigenvalue weighted by molar-refractivity contribution is 5.93. The van der Waals surface area contributed by atoms with Crippen LogP contribution in [-0.2, 0) is 4.79 Å². The molecule has 0 unspecified atom stereocenters. The summed E-state index contributed by atoms with van der Waals surface area (Å²) in [4.78, 5) is 17.3. The lowest BCUT2D eigenvalue weighted by Gasteiger charge is -2.39. The number of piperazine rings is 1. The summed E-state index contributed by atoms with van der Waals surface area (Å²) in [5.74, 6) is 0.662. The van der Waals surface area contributed by atoms with Crippen molar-refractivity contribution in [1.82, 2.24) is 9.80 Å². The molecule has 1 amide bonds. The molecule has 1 heterocycles. The van der Waals surface area contributed by atoms with Gasteiger partial charge in [0, 0.05) is 26.2 Å². The molecule has 5 nitrogen and oxygen atoms in total. The summed E-state index contributed by atoms with van der Waals surface area (Å²) < 4.78 is 5.33. The van der Waals surface area contributed by atoms with Crippen LogP contribution >= 0.6 is 0 Å². The maximum absolute atomic E-state index is 12.6. The van der Waals surface area contributed by atoms with Crippen molar-refractivity contribution in [2.75, 3.05) is 45.2 Å². The number of nitrogens with zero attached hydrogens (tertiary/aromatic N) is 2. The highest BCUT2D eigenvalue weighted by atomic mass is 16.5. The Morgan fingerprint density at radius 2 is 1.39 bits per heavy atom. The number of benzene rings is 3. The van der Waals surface area contributed by atoms with E-state index >= 15 is 0 Å². The maximum Gasteiger partial charge on any atom is 0.238 e. The minimum Gasteiger partial charge on any atom is -0.495 e. The fraction of sp³-hybridized carbons (Fsp3) is 0.269. The quantitative estimate of drug-likeness (QED) is 0.633. The van der Waals surface area contributed by atoms with Gasteiger partial charge >= 0.3 is 0 Å². The number of hydrogen-bond acceptors (Lipinski definition) is 4. The second-order valence-corrected chi connectivity index (χ2v) is 7.78. The first-order chi connectivity index (χ1) is 15.2. The maximum atomic E-state index is 12.6. The van der Waals surface area contributed by atoms with E-state index in [1.165, 1.54) is 11.1 Å². The Hall–Kier alpha value is -3.15. The van der Waals surface area contributed by atoms with Gasteiger partial charge in [-0.05, 0) is 23.3 Å². The molecule has 1 fully saturated rings. The van der Waals surface area contributed by atoms with Gasteiger partial charge in [-0.3, -0.25) is 14.6 Å². The third kappa shape index (κ3) is 5.32. The van der Waals surface area contributed by atoms with Gasteiger partial charge in [-0.2, -0.15) is 0 Å². The predicted molar refractivity (Wildman–Crippen MR) is 124 cm³/mol. The number of hydrogen-bond donors (Lipinski definition) is 1. The van der Waals surface area contributed by atoms with Crippen LogP contribution in [0.25, 0.3) is 0 Å². The number of ether oxygens (including phenoxy) is 1. The Kier molecular flexibility index (Phi) is 6.97. The lowest BCUT2D eigenvalue weighted by Crippen LogP contribution is -2.49. The summed E-state index contributed by atoms with van der Waals surface area (Å²) in [5, 5.41) is 2.98. The zero-order valence-electron chi connectivity index (χ0n) is 17.9. The summed E-state index contributed by atoms with van der Waals surface area (Å²) in [6.45, 7) is 3.92. The molecule has 0 saturated carbocycles. The van der Waals surface area contributed by atoms with Gasteiger partial charge in [0.25, 0.3) is 0 Å². The second-order valence-electron chi connectivity index (χ2n) is 7.78. The molecule has 1 N–H and O–H groups in total. The van der Waals surface area contributed by atoms with Gasteiger partial charge in [-0.1, -0.05) is 72.8 Å². The van der Waals surface area contributed by atoms with E-state index in [9.17, 15) is 4.79 Å². The van der Waals surface area contributed by atoms with Crippen molar-refractivity contribution >= 4 is 11.6 Å². The third-order valence-corrected chi connectivity index (χ3v) is 5.75. The predicted octanol–water partition coefficient (Wildman–Crippen LogP) is 4.04. The van der Waals surface area contributed by atoms with Gasteiger partial charge in [0.15, 0.2) is 0 Å². The van der Waals surface area contributed by atoms with Gasteiger partial charge in [0.1, 0.15) is 5.75 Å². The molecule has 1 saturated heterocycles. The molecular weight excluding hydrogens is 386 g/mol. The first-order valence-electron chi connectivity index (χ1n) is 10.7. The van der Waals surface area contributed by atoms with E-state index < -0.39 is 0 Å². The fourth-order valence-corrected chi connectivity index (χ4v) is 4.21. The summed E-state index contributed by atoms with van der Waals surface area (Å²) in [6, 6.07) is 29.0. The summed E-state index contributed by atoms with van der Waals surface area (Å²) in [6.07, 6.45) is 0. The Morgan fingerprint density at radius 3 is 1.97 bits per heavy atom. The molecular formula is C26H29N3O2. The smallest absolute Gasteiger partial charge is 0.238 e. The average Bonchev–Trinajstić information content (AvgIpc) is 2.82. The Bertz CT molecular complexity index is 931. The number of rotatable bonds is 7. The van der Waals surface area contributed by atoms with E-state index in [2.05, 4.69) is 75.8 Å². The molecule has 5 heteroatoms. The molecule has 3 aromatic carbocycles. The van der Waals surface area contributed by atoms with Crippen molar-refractivity contribution in [1.29, 1.82) is 0 Å². The Morgan fingerprint density at radius 1 is 0.839 bits per heavy atom. The molecule has 160 valence electrons. The number of anilines is 1. The first-order valence-corrected chi connectivity index (χ1v) is 10.7. The van der Waals surface area contributed by atoms with E-state index in [0.29, 0.717) is 18.0 Å². The van der Waals surface area contributed by atoms with E-state index in [-0.39, 0.29) is 11.9 Å². The zero-order valence-corrected chi connectivity index (χ0v) is 17.9. The number of methoxy groups -OCH3 is 1. The van der Waals surface area contributed by atoms with Crippen molar-refractivity contribution in [2.45, 2.75) is 6.04 Å². The molecule has 0 spiro atoms. The molecule has 1 aliphatic heterocycles. The van der Waals surface area contributed by atoms with E-state index in [1.807, 2.05) is 24.3 Å². The highest BCUT2D eigenvalue weighted by Crippen LogP contribution is 2.29. The van der Waals surface area contributed by atoms with E-state index in [1.54, 1.807) is 7.11 Å². The van der Waals surface area contributed by atoms with Crippen molar-refractivity contribution in [2.24, 2.45) is 0 Å². The summed E-state index contributed by atoms with van der Waals surface area (Å²) in [7, 11) is 1.61. The van der Waals surface area contributed by atoms with Crippen LogP contribution < -0.4 is 10.1 Å². The number of carbonyl (C=O) groups is 1. The number of para-hydroxylation sites is 2. The van der Waals surface area contributed by atoms with E-state index in [0.717, 1.165) is 26.2 Å². The standard InChI is InChI=1S/C26H29N3O2/c1-31-24-15-9-8-14-23(24)27-25(30)20-28-16-18-29(19-17-28)26(21-10-4-2-5-11-21)22-12-6-3-7-13-22/h2-15,26H,16-20H2,1H3,(H,27,30). The van der Waals surface area contributed by atoms with Crippen molar-refractivity contribution in [3.8, 4) is 5.75 Å². The Balaban J connectivity index is 1.38. The number of amides is 1. The molecule has 0 aliphatic carbocycles. The van der Waals surface area contributed by atoms with Crippen LogP contribution in [0.15, 0.2) is 84.9 Å². The van der Waals surface area contributed by atoms with Gasteiger partial charge in [0.05, 0.1) is 25.4 Å². The van der Waals surface area contributed by atoms with Crippen LogP contribution in [0.2, 0.25) is 0 Å². The van der Waals surface area contributed by atoms with Gasteiger partial charge in [-0.15, -0.1) is 0 Å². The zero-order chi connectivity index (χ0) is 21.5. The van der Waals surface area contributed by atoms with Crippen molar-refractivity contribution < 1.29 is 9.53 Å². The largest absolute Gasteiger partial charge is 0.495 e. The van der Waals surface area contributed by atoms with Crippen LogP contribution in [0, 0.1) is 0 Å². The van der Waals surface area contributed by atoms with Gasteiger partial charge in [-0.25, -0.2) is 0 Å². The number of carbonyl (C=O) groups excluding carboxylic acids is 1. The average molecular weight is 416 g/mol. The molecule has 0 aromatic heterocycles. The van der Waals surface area contributed by atoms with Gasteiger partial charge < -0.3 is 10.1 Å². The minimum atomic E-state index is -0.0133. The van der Waals surface area contributed by atoms with Crippen LogP contribution in [0.5, 0.6) is 5.75 Å². The van der Waals surface area contributed by atoms with Crippen LogP contribution in [-0.4, -0.2) is 55.5 Å². The highest BCUT2D eigenvalue weighted by Gasteiger charge is 2.27. The molecule has 4 rings (SSSR count). The van der Waals surface area contributed by atoms with Crippen molar-refractivity contribution in [3.05, 3.63) is 96.1 Å².